The predicted molar refractivity (Wildman–Crippen MR) is 71.4 cm³/mol. The molecule has 2 heterocycles. The van der Waals surface area contributed by atoms with Crippen molar-refractivity contribution in [2.45, 2.75) is 10.8 Å². The fourth-order valence-electron chi connectivity index (χ4n) is 1.03. The van der Waals surface area contributed by atoms with Crippen LogP contribution in [-0.2, 0) is 5.75 Å². The predicted octanol–water partition coefficient (Wildman–Crippen LogP) is 2.88. The summed E-state index contributed by atoms with van der Waals surface area (Å²) in [4.78, 5) is 9.55. The summed E-state index contributed by atoms with van der Waals surface area (Å²) in [6, 6.07) is 3.97. The summed E-state index contributed by atoms with van der Waals surface area (Å²) in [7, 11) is 0. The number of hydrogen-bond acceptors (Lipinski definition) is 6. The maximum absolute atomic E-state index is 5.26. The van der Waals surface area contributed by atoms with Crippen molar-refractivity contribution in [3.05, 3.63) is 33.9 Å². The summed E-state index contributed by atoms with van der Waals surface area (Å²) >= 11 is 6.58. The van der Waals surface area contributed by atoms with Gasteiger partial charge in [0.25, 0.3) is 0 Å². The van der Waals surface area contributed by atoms with E-state index >= 15 is 0 Å². The highest BCUT2D eigenvalue weighted by Gasteiger charge is 2.02. The summed E-state index contributed by atoms with van der Waals surface area (Å²) in [6.07, 6.45) is 3.62. The summed E-state index contributed by atoms with van der Waals surface area (Å²) < 4.78 is 0.990. The third-order valence-electron chi connectivity index (χ3n) is 1.74. The fourth-order valence-corrected chi connectivity index (χ4v) is 2.85. The van der Waals surface area contributed by atoms with Gasteiger partial charge in [0.05, 0.1) is 5.03 Å². The first-order valence-corrected chi connectivity index (χ1v) is 7.03. The molecule has 0 saturated heterocycles. The van der Waals surface area contributed by atoms with E-state index < -0.39 is 0 Å². The summed E-state index contributed by atoms with van der Waals surface area (Å²) in [5, 5.41) is 1.73. The molecule has 0 bridgehead atoms. The SMILES string of the molecule is NNc1ncc(CSc2ccc(Br)cn2)s1. The van der Waals surface area contributed by atoms with Crippen molar-refractivity contribution in [1.82, 2.24) is 9.97 Å². The number of halogens is 1. The van der Waals surface area contributed by atoms with Gasteiger partial charge in [-0.2, -0.15) is 0 Å². The molecule has 0 aliphatic heterocycles. The Kier molecular flexibility index (Phi) is 4.16. The number of rotatable bonds is 4. The molecule has 0 aliphatic rings. The molecule has 3 N–H and O–H groups in total. The van der Waals surface area contributed by atoms with Gasteiger partial charge >= 0.3 is 0 Å². The van der Waals surface area contributed by atoms with Gasteiger partial charge in [0, 0.05) is 27.5 Å². The van der Waals surface area contributed by atoms with Crippen molar-refractivity contribution in [2.24, 2.45) is 5.84 Å². The number of pyridine rings is 1. The molecule has 0 fully saturated rings. The lowest BCUT2D eigenvalue weighted by atomic mass is 10.5. The molecule has 7 heteroatoms. The monoisotopic (exact) mass is 316 g/mol. The highest BCUT2D eigenvalue weighted by Crippen LogP contribution is 2.26. The lowest BCUT2D eigenvalue weighted by molar-refractivity contribution is 1.12. The molecule has 16 heavy (non-hydrogen) atoms. The number of thioether (sulfide) groups is 1. The lowest BCUT2D eigenvalue weighted by Crippen LogP contribution is -2.05. The number of nitrogen functional groups attached to an aromatic ring is 1. The Bertz CT molecular complexity index is 457. The second kappa shape index (κ2) is 5.62. The van der Waals surface area contributed by atoms with E-state index in [-0.39, 0.29) is 0 Å². The first kappa shape index (κ1) is 11.8. The second-order valence-corrected chi connectivity index (χ2v) is 5.91. The van der Waals surface area contributed by atoms with Crippen molar-refractivity contribution >= 4 is 44.2 Å². The second-order valence-electron chi connectivity index (χ2n) is 2.88. The summed E-state index contributed by atoms with van der Waals surface area (Å²) in [5.74, 6) is 6.12. The average molecular weight is 317 g/mol. The van der Waals surface area contributed by atoms with E-state index in [0.717, 1.165) is 20.4 Å². The van der Waals surface area contributed by atoms with Crippen LogP contribution in [0.2, 0.25) is 0 Å². The first-order chi connectivity index (χ1) is 7.78. The van der Waals surface area contributed by atoms with Crippen molar-refractivity contribution < 1.29 is 0 Å². The molecule has 2 rings (SSSR count). The molecule has 2 aromatic rings. The van der Waals surface area contributed by atoms with Crippen LogP contribution >= 0.6 is 39.0 Å². The Balaban J connectivity index is 1.94. The molecule has 0 saturated carbocycles. The molecular weight excluding hydrogens is 308 g/mol. The van der Waals surface area contributed by atoms with Crippen molar-refractivity contribution in [1.29, 1.82) is 0 Å². The smallest absolute Gasteiger partial charge is 0.197 e. The number of thiazole rings is 1. The first-order valence-electron chi connectivity index (χ1n) is 4.43. The van der Waals surface area contributed by atoms with Crippen molar-refractivity contribution in [3.8, 4) is 0 Å². The number of nitrogens with zero attached hydrogens (tertiary/aromatic N) is 2. The van der Waals surface area contributed by atoms with E-state index in [4.69, 9.17) is 5.84 Å². The zero-order valence-corrected chi connectivity index (χ0v) is 11.4. The van der Waals surface area contributed by atoms with Gasteiger partial charge in [-0.1, -0.05) is 0 Å². The lowest BCUT2D eigenvalue weighted by Gasteiger charge is -1.98. The molecule has 0 spiro atoms. The highest BCUT2D eigenvalue weighted by atomic mass is 79.9. The van der Waals surface area contributed by atoms with Crippen LogP contribution in [0.5, 0.6) is 0 Å². The third kappa shape index (κ3) is 3.18. The summed E-state index contributed by atoms with van der Waals surface area (Å²) in [6.45, 7) is 0. The number of nitrogens with two attached hydrogens (primary N) is 1. The maximum atomic E-state index is 5.26. The Hall–Kier alpha value is -0.630. The minimum atomic E-state index is 0.736. The van der Waals surface area contributed by atoms with E-state index in [1.54, 1.807) is 29.3 Å². The molecule has 0 radical (unpaired) electrons. The minimum Gasteiger partial charge on any atom is -0.300 e. The van der Waals surface area contributed by atoms with Gasteiger partial charge in [-0.25, -0.2) is 15.8 Å². The molecule has 2 aromatic heterocycles. The van der Waals surface area contributed by atoms with Crippen LogP contribution < -0.4 is 11.3 Å². The molecule has 84 valence electrons. The zero-order chi connectivity index (χ0) is 11.4. The Labute approximate surface area is 110 Å². The standard InChI is InChI=1S/C9H9BrN4S2/c10-6-1-2-8(12-3-6)15-5-7-4-13-9(14-11)16-7/h1-4H,5,11H2,(H,13,14). The fraction of sp³-hybridized carbons (Fsp3) is 0.111. The van der Waals surface area contributed by atoms with Crippen LogP contribution in [0, 0.1) is 0 Å². The van der Waals surface area contributed by atoms with Crippen molar-refractivity contribution in [2.75, 3.05) is 5.43 Å². The maximum Gasteiger partial charge on any atom is 0.197 e. The number of hydrazine groups is 1. The van der Waals surface area contributed by atoms with Crippen LogP contribution in [0.4, 0.5) is 5.13 Å². The third-order valence-corrected chi connectivity index (χ3v) is 4.31. The van der Waals surface area contributed by atoms with Gasteiger partial charge in [0.2, 0.25) is 0 Å². The molecule has 0 aliphatic carbocycles. The zero-order valence-electron chi connectivity index (χ0n) is 8.18. The van der Waals surface area contributed by atoms with Gasteiger partial charge in [0.15, 0.2) is 5.13 Å². The molecular formula is C9H9BrN4S2. The molecule has 4 nitrogen and oxygen atoms in total. The van der Waals surface area contributed by atoms with Crippen molar-refractivity contribution in [3.63, 3.8) is 0 Å². The summed E-state index contributed by atoms with van der Waals surface area (Å²) in [5.41, 5.74) is 2.53. The van der Waals surface area contributed by atoms with Crippen LogP contribution in [-0.4, -0.2) is 9.97 Å². The van der Waals surface area contributed by atoms with Crippen LogP contribution in [0.3, 0.4) is 0 Å². The Morgan fingerprint density at radius 1 is 1.38 bits per heavy atom. The van der Waals surface area contributed by atoms with E-state index in [1.807, 2.05) is 18.3 Å². The van der Waals surface area contributed by atoms with E-state index in [2.05, 4.69) is 31.3 Å². The Morgan fingerprint density at radius 2 is 2.25 bits per heavy atom. The van der Waals surface area contributed by atoms with Crippen LogP contribution in [0.15, 0.2) is 34.0 Å². The topological polar surface area (TPSA) is 63.8 Å². The minimum absolute atomic E-state index is 0.736. The average Bonchev–Trinajstić information content (AvgIpc) is 2.76. The number of anilines is 1. The number of nitrogens with one attached hydrogen (secondary N) is 1. The Morgan fingerprint density at radius 3 is 2.88 bits per heavy atom. The molecule has 0 unspecified atom stereocenters. The highest BCUT2D eigenvalue weighted by molar-refractivity contribution is 9.10. The van der Waals surface area contributed by atoms with Gasteiger partial charge in [0.1, 0.15) is 0 Å². The van der Waals surface area contributed by atoms with Crippen LogP contribution in [0.1, 0.15) is 4.88 Å². The van der Waals surface area contributed by atoms with Crippen LogP contribution in [0.25, 0.3) is 0 Å². The molecule has 0 aromatic carbocycles. The van der Waals surface area contributed by atoms with Gasteiger partial charge in [-0.05, 0) is 28.1 Å². The van der Waals surface area contributed by atoms with Gasteiger partial charge in [-0.3, -0.25) is 5.43 Å². The number of hydrogen-bond donors (Lipinski definition) is 2. The van der Waals surface area contributed by atoms with Gasteiger partial charge < -0.3 is 0 Å². The number of aromatic nitrogens is 2. The van der Waals surface area contributed by atoms with E-state index in [1.165, 1.54) is 4.88 Å². The molecule has 0 atom stereocenters. The quantitative estimate of drug-likeness (QED) is 0.516. The van der Waals surface area contributed by atoms with E-state index in [9.17, 15) is 0 Å². The van der Waals surface area contributed by atoms with E-state index in [0.29, 0.717) is 0 Å². The molecule has 0 amide bonds. The normalized spacial score (nSPS) is 10.4. The van der Waals surface area contributed by atoms with Gasteiger partial charge in [-0.15, -0.1) is 23.1 Å². The largest absolute Gasteiger partial charge is 0.300 e.